The van der Waals surface area contributed by atoms with Crippen molar-refractivity contribution < 1.29 is 14.6 Å². The number of nitrogens with zero attached hydrogens (tertiary/aromatic N) is 2. The van der Waals surface area contributed by atoms with Gasteiger partial charge >= 0.3 is 0 Å². The lowest BCUT2D eigenvalue weighted by Gasteiger charge is -2.32. The number of hydrogen-bond donors (Lipinski definition) is 2. The lowest BCUT2D eigenvalue weighted by atomic mass is 10.0. The SMILES string of the molecule is CC(C)C(CO)N(CC(=O)Nc1ccc(CN2CCOCC2)cc1)Cc1ccccc1. The standard InChI is InChI=1S/C25H35N3O3/c1-20(2)24(19-29)28(17-21-6-4-3-5-7-21)18-25(30)26-23-10-8-22(9-11-23)16-27-12-14-31-15-13-27/h3-11,20,24,29H,12-19H2,1-2H3,(H,26,30). The minimum absolute atomic E-state index is 0.0218. The van der Waals surface area contributed by atoms with Gasteiger partial charge in [-0.05, 0) is 29.2 Å². The van der Waals surface area contributed by atoms with Crippen molar-refractivity contribution in [2.45, 2.75) is 33.0 Å². The van der Waals surface area contributed by atoms with Gasteiger partial charge in [0, 0.05) is 37.9 Å². The summed E-state index contributed by atoms with van der Waals surface area (Å²) in [6.45, 7) is 9.41. The maximum atomic E-state index is 12.8. The number of carbonyl (C=O) groups excluding carboxylic acids is 1. The Morgan fingerprint density at radius 3 is 2.35 bits per heavy atom. The molecule has 0 saturated carbocycles. The maximum Gasteiger partial charge on any atom is 0.238 e. The number of morpholine rings is 1. The molecule has 0 aromatic heterocycles. The van der Waals surface area contributed by atoms with Gasteiger partial charge in [0.25, 0.3) is 0 Å². The molecule has 1 saturated heterocycles. The fourth-order valence-corrected chi connectivity index (χ4v) is 3.95. The third-order valence-electron chi connectivity index (χ3n) is 5.75. The van der Waals surface area contributed by atoms with E-state index in [2.05, 4.69) is 41.1 Å². The first-order valence-electron chi connectivity index (χ1n) is 11.1. The van der Waals surface area contributed by atoms with Crippen LogP contribution in [0.4, 0.5) is 5.69 Å². The summed E-state index contributed by atoms with van der Waals surface area (Å²) in [5, 5.41) is 12.9. The van der Waals surface area contributed by atoms with Gasteiger partial charge in [-0.2, -0.15) is 0 Å². The molecule has 1 aliphatic heterocycles. The highest BCUT2D eigenvalue weighted by atomic mass is 16.5. The van der Waals surface area contributed by atoms with E-state index in [1.54, 1.807) is 0 Å². The van der Waals surface area contributed by atoms with Gasteiger partial charge < -0.3 is 15.2 Å². The summed E-state index contributed by atoms with van der Waals surface area (Å²) in [5.74, 6) is 0.164. The molecule has 1 aliphatic rings. The first-order valence-corrected chi connectivity index (χ1v) is 11.1. The van der Waals surface area contributed by atoms with Crippen LogP contribution in [0.25, 0.3) is 0 Å². The van der Waals surface area contributed by atoms with Crippen LogP contribution in [-0.4, -0.2) is 66.3 Å². The van der Waals surface area contributed by atoms with E-state index < -0.39 is 0 Å². The largest absolute Gasteiger partial charge is 0.395 e. The topological polar surface area (TPSA) is 65.0 Å². The molecule has 1 unspecified atom stereocenters. The number of hydrogen-bond acceptors (Lipinski definition) is 5. The van der Waals surface area contributed by atoms with E-state index in [9.17, 15) is 9.90 Å². The van der Waals surface area contributed by atoms with Crippen LogP contribution in [0.1, 0.15) is 25.0 Å². The van der Waals surface area contributed by atoms with Crippen molar-refractivity contribution in [3.63, 3.8) is 0 Å². The summed E-state index contributed by atoms with van der Waals surface area (Å²) in [5.41, 5.74) is 3.15. The smallest absolute Gasteiger partial charge is 0.238 e. The quantitative estimate of drug-likeness (QED) is 0.613. The molecule has 0 radical (unpaired) electrons. The molecule has 2 N–H and O–H groups in total. The zero-order chi connectivity index (χ0) is 22.1. The number of benzene rings is 2. The Kier molecular flexibility index (Phi) is 9.03. The van der Waals surface area contributed by atoms with Gasteiger partial charge in [0.15, 0.2) is 0 Å². The molecular weight excluding hydrogens is 390 g/mol. The van der Waals surface area contributed by atoms with Gasteiger partial charge in [-0.15, -0.1) is 0 Å². The highest BCUT2D eigenvalue weighted by molar-refractivity contribution is 5.92. The molecule has 6 nitrogen and oxygen atoms in total. The zero-order valence-electron chi connectivity index (χ0n) is 18.7. The Labute approximate surface area is 185 Å². The van der Waals surface area contributed by atoms with E-state index in [0.29, 0.717) is 6.54 Å². The van der Waals surface area contributed by atoms with Crippen molar-refractivity contribution in [2.75, 3.05) is 44.8 Å². The average Bonchev–Trinajstić information content (AvgIpc) is 2.77. The number of ether oxygens (including phenoxy) is 1. The number of aliphatic hydroxyl groups excluding tert-OH is 1. The number of aliphatic hydroxyl groups is 1. The fourth-order valence-electron chi connectivity index (χ4n) is 3.95. The van der Waals surface area contributed by atoms with E-state index in [-0.39, 0.29) is 31.0 Å². The van der Waals surface area contributed by atoms with Crippen molar-refractivity contribution in [3.05, 3.63) is 65.7 Å². The molecule has 1 heterocycles. The highest BCUT2D eigenvalue weighted by Gasteiger charge is 2.23. The van der Waals surface area contributed by atoms with E-state index in [1.165, 1.54) is 5.56 Å². The Morgan fingerprint density at radius 1 is 1.06 bits per heavy atom. The Hall–Kier alpha value is -2.25. The number of anilines is 1. The third kappa shape index (κ3) is 7.43. The van der Waals surface area contributed by atoms with E-state index >= 15 is 0 Å². The Balaban J connectivity index is 1.59. The second-order valence-electron chi connectivity index (χ2n) is 8.52. The summed E-state index contributed by atoms with van der Waals surface area (Å²) >= 11 is 0. The van der Waals surface area contributed by atoms with Gasteiger partial charge in [0.05, 0.1) is 26.4 Å². The van der Waals surface area contributed by atoms with Crippen molar-refractivity contribution >= 4 is 11.6 Å². The van der Waals surface area contributed by atoms with Crippen LogP contribution in [0.3, 0.4) is 0 Å². The van der Waals surface area contributed by atoms with Crippen LogP contribution in [0, 0.1) is 5.92 Å². The lowest BCUT2D eigenvalue weighted by Crippen LogP contribution is -2.45. The molecular formula is C25H35N3O3. The number of amides is 1. The lowest BCUT2D eigenvalue weighted by molar-refractivity contribution is -0.118. The van der Waals surface area contributed by atoms with Gasteiger partial charge in [-0.25, -0.2) is 0 Å². The first kappa shape index (κ1) is 23.4. The van der Waals surface area contributed by atoms with E-state index in [0.717, 1.165) is 44.1 Å². The molecule has 168 valence electrons. The van der Waals surface area contributed by atoms with E-state index in [1.807, 2.05) is 42.5 Å². The molecule has 0 aliphatic carbocycles. The van der Waals surface area contributed by atoms with Crippen molar-refractivity contribution in [1.29, 1.82) is 0 Å². The van der Waals surface area contributed by atoms with E-state index in [4.69, 9.17) is 4.74 Å². The number of carbonyl (C=O) groups is 1. The Bertz CT molecular complexity index is 789. The molecule has 1 amide bonds. The number of rotatable bonds is 10. The normalized spacial score (nSPS) is 15.9. The molecule has 1 fully saturated rings. The van der Waals surface area contributed by atoms with Crippen LogP contribution >= 0.6 is 0 Å². The second kappa shape index (κ2) is 12.0. The molecule has 3 rings (SSSR count). The zero-order valence-corrected chi connectivity index (χ0v) is 18.7. The molecule has 2 aromatic rings. The molecule has 2 aromatic carbocycles. The van der Waals surface area contributed by atoms with Crippen LogP contribution in [0.15, 0.2) is 54.6 Å². The molecule has 1 atom stereocenters. The summed E-state index contributed by atoms with van der Waals surface area (Å²) < 4.78 is 5.40. The first-order chi connectivity index (χ1) is 15.0. The molecule has 0 spiro atoms. The Morgan fingerprint density at radius 2 is 1.74 bits per heavy atom. The van der Waals surface area contributed by atoms with Crippen LogP contribution in [-0.2, 0) is 22.6 Å². The molecule has 31 heavy (non-hydrogen) atoms. The fraction of sp³-hybridized carbons (Fsp3) is 0.480. The van der Waals surface area contributed by atoms with Crippen LogP contribution < -0.4 is 5.32 Å². The summed E-state index contributed by atoms with van der Waals surface area (Å²) in [6.07, 6.45) is 0. The summed E-state index contributed by atoms with van der Waals surface area (Å²) in [7, 11) is 0. The van der Waals surface area contributed by atoms with Gasteiger partial charge in [-0.3, -0.25) is 14.6 Å². The predicted octanol–water partition coefficient (Wildman–Crippen LogP) is 2.98. The van der Waals surface area contributed by atoms with Crippen molar-refractivity contribution in [2.24, 2.45) is 5.92 Å². The monoisotopic (exact) mass is 425 g/mol. The third-order valence-corrected chi connectivity index (χ3v) is 5.75. The predicted molar refractivity (Wildman–Crippen MR) is 124 cm³/mol. The van der Waals surface area contributed by atoms with Crippen molar-refractivity contribution in [1.82, 2.24) is 9.80 Å². The van der Waals surface area contributed by atoms with Crippen molar-refractivity contribution in [3.8, 4) is 0 Å². The highest BCUT2D eigenvalue weighted by Crippen LogP contribution is 2.16. The molecule has 6 heteroatoms. The van der Waals surface area contributed by atoms with Gasteiger partial charge in [-0.1, -0.05) is 56.3 Å². The molecule has 0 bridgehead atoms. The van der Waals surface area contributed by atoms with Gasteiger partial charge in [0.2, 0.25) is 5.91 Å². The summed E-state index contributed by atoms with van der Waals surface area (Å²) in [4.78, 5) is 17.2. The van der Waals surface area contributed by atoms with Gasteiger partial charge in [0.1, 0.15) is 0 Å². The minimum atomic E-state index is -0.0816. The maximum absolute atomic E-state index is 12.8. The summed E-state index contributed by atoms with van der Waals surface area (Å²) in [6, 6.07) is 18.0. The minimum Gasteiger partial charge on any atom is -0.395 e. The van der Waals surface area contributed by atoms with Crippen LogP contribution in [0.2, 0.25) is 0 Å². The number of nitrogens with one attached hydrogen (secondary N) is 1. The van der Waals surface area contributed by atoms with Crippen LogP contribution in [0.5, 0.6) is 0 Å². The average molecular weight is 426 g/mol. The second-order valence-corrected chi connectivity index (χ2v) is 8.52.